The Hall–Kier alpha value is -2.92. The number of hydrogen-bond donors (Lipinski definition) is 1. The Labute approximate surface area is 169 Å². The molecule has 0 fully saturated rings. The lowest BCUT2D eigenvalue weighted by Crippen LogP contribution is -2.42. The molecule has 8 heteroatoms. The van der Waals surface area contributed by atoms with E-state index in [9.17, 15) is 10.1 Å². The van der Waals surface area contributed by atoms with Crippen LogP contribution < -0.4 is 10.5 Å². The summed E-state index contributed by atoms with van der Waals surface area (Å²) in [6.45, 7) is 6.91. The van der Waals surface area contributed by atoms with Gasteiger partial charge in [-0.05, 0) is 50.2 Å². The molecule has 1 aromatic rings. The van der Waals surface area contributed by atoms with Gasteiger partial charge in [-0.15, -0.1) is 0 Å². The molecule has 0 bridgehead atoms. The van der Waals surface area contributed by atoms with Gasteiger partial charge in [0.2, 0.25) is 0 Å². The van der Waals surface area contributed by atoms with E-state index in [1.54, 1.807) is 16.9 Å². The van der Waals surface area contributed by atoms with Crippen molar-refractivity contribution in [1.29, 1.82) is 5.26 Å². The van der Waals surface area contributed by atoms with E-state index >= 15 is 0 Å². The standard InChI is InChI=1S/C20H23N5O2S/c1-5-24(6-2)19(26)16-12(3)23-20-25(18(22)15(11-21)28-20)17(16)13-8-7-9-14(10-13)27-4/h7-10,17H,5-6,22H2,1-4H3/t17-/m1/s1. The van der Waals surface area contributed by atoms with Gasteiger partial charge in [-0.3, -0.25) is 9.69 Å². The van der Waals surface area contributed by atoms with Gasteiger partial charge in [0, 0.05) is 13.1 Å². The molecule has 2 N–H and O–H groups in total. The van der Waals surface area contributed by atoms with Crippen LogP contribution in [0.25, 0.3) is 0 Å². The van der Waals surface area contributed by atoms with E-state index in [-0.39, 0.29) is 5.91 Å². The van der Waals surface area contributed by atoms with E-state index in [2.05, 4.69) is 11.1 Å². The summed E-state index contributed by atoms with van der Waals surface area (Å²) in [5, 5.41) is 10.0. The van der Waals surface area contributed by atoms with Crippen LogP contribution in [0, 0.1) is 11.3 Å². The molecule has 0 aliphatic carbocycles. The third-order valence-electron chi connectivity index (χ3n) is 4.87. The van der Waals surface area contributed by atoms with E-state index in [4.69, 9.17) is 10.5 Å². The molecular formula is C20H23N5O2S. The van der Waals surface area contributed by atoms with Crippen LogP contribution >= 0.6 is 11.8 Å². The topological polar surface area (TPSA) is 95.0 Å². The van der Waals surface area contributed by atoms with E-state index in [1.165, 1.54) is 11.8 Å². The van der Waals surface area contributed by atoms with Crippen LogP contribution in [-0.4, -0.2) is 41.1 Å². The minimum atomic E-state index is -0.478. The molecule has 0 spiro atoms. The predicted molar refractivity (Wildman–Crippen MR) is 110 cm³/mol. The highest BCUT2D eigenvalue weighted by Gasteiger charge is 2.42. The van der Waals surface area contributed by atoms with Crippen LogP contribution in [0.5, 0.6) is 5.75 Å². The molecule has 1 atom stereocenters. The van der Waals surface area contributed by atoms with Crippen molar-refractivity contribution >= 4 is 22.8 Å². The molecule has 0 unspecified atom stereocenters. The van der Waals surface area contributed by atoms with Gasteiger partial charge in [0.05, 0.1) is 24.4 Å². The number of nitriles is 1. The number of carbonyl (C=O) groups excluding carboxylic acids is 1. The largest absolute Gasteiger partial charge is 0.497 e. The van der Waals surface area contributed by atoms with Crippen molar-refractivity contribution in [1.82, 2.24) is 9.80 Å². The molecule has 7 nitrogen and oxygen atoms in total. The Bertz CT molecular complexity index is 940. The highest BCUT2D eigenvalue weighted by molar-refractivity contribution is 8.17. The number of allylic oxidation sites excluding steroid dienone is 2. The van der Waals surface area contributed by atoms with Crippen LogP contribution in [0.4, 0.5) is 0 Å². The number of carbonyl (C=O) groups is 1. The van der Waals surface area contributed by atoms with Crippen LogP contribution in [0.15, 0.2) is 51.3 Å². The van der Waals surface area contributed by atoms with Crippen LogP contribution in [0.3, 0.4) is 0 Å². The van der Waals surface area contributed by atoms with Gasteiger partial charge in [0.1, 0.15) is 22.5 Å². The Kier molecular flexibility index (Phi) is 5.66. The zero-order valence-electron chi connectivity index (χ0n) is 16.4. The fourth-order valence-corrected chi connectivity index (χ4v) is 4.34. The average molecular weight is 398 g/mol. The molecule has 1 amide bonds. The van der Waals surface area contributed by atoms with Gasteiger partial charge in [0.15, 0.2) is 5.17 Å². The van der Waals surface area contributed by atoms with Crippen LogP contribution in [-0.2, 0) is 4.79 Å². The number of thioether (sulfide) groups is 1. The molecule has 0 radical (unpaired) electrons. The Balaban J connectivity index is 2.21. The van der Waals surface area contributed by atoms with Gasteiger partial charge < -0.3 is 15.4 Å². The van der Waals surface area contributed by atoms with Crippen molar-refractivity contribution in [2.24, 2.45) is 10.7 Å². The fraction of sp³-hybridized carbons (Fsp3) is 0.350. The zero-order chi connectivity index (χ0) is 20.4. The molecule has 2 aliphatic heterocycles. The summed E-state index contributed by atoms with van der Waals surface area (Å²) >= 11 is 1.23. The third kappa shape index (κ3) is 3.22. The maximum atomic E-state index is 13.4. The number of aliphatic imine (C=N–C) groups is 1. The summed E-state index contributed by atoms with van der Waals surface area (Å²) < 4.78 is 5.38. The van der Waals surface area contributed by atoms with Crippen molar-refractivity contribution in [3.8, 4) is 11.8 Å². The summed E-state index contributed by atoms with van der Waals surface area (Å²) in [6, 6.07) is 9.19. The van der Waals surface area contributed by atoms with Crippen molar-refractivity contribution in [3.05, 3.63) is 51.8 Å². The second-order valence-electron chi connectivity index (χ2n) is 6.35. The molecule has 3 rings (SSSR count). The van der Waals surface area contributed by atoms with Crippen molar-refractivity contribution in [2.75, 3.05) is 20.2 Å². The van der Waals surface area contributed by atoms with Gasteiger partial charge in [-0.25, -0.2) is 4.99 Å². The van der Waals surface area contributed by atoms with Crippen LogP contribution in [0.1, 0.15) is 32.4 Å². The molecule has 0 saturated heterocycles. The van der Waals surface area contributed by atoms with Crippen molar-refractivity contribution in [3.63, 3.8) is 0 Å². The number of rotatable bonds is 5. The molecule has 0 saturated carbocycles. The van der Waals surface area contributed by atoms with Gasteiger partial charge in [0.25, 0.3) is 5.91 Å². The summed E-state index contributed by atoms with van der Waals surface area (Å²) in [4.78, 5) is 21.9. The second kappa shape index (κ2) is 7.98. The molecular weight excluding hydrogens is 374 g/mol. The van der Waals surface area contributed by atoms with E-state index in [0.29, 0.717) is 46.0 Å². The summed E-state index contributed by atoms with van der Waals surface area (Å²) in [5.41, 5.74) is 8.34. The summed E-state index contributed by atoms with van der Waals surface area (Å²) in [5.74, 6) is 0.918. The number of amides is 1. The van der Waals surface area contributed by atoms with Crippen molar-refractivity contribution in [2.45, 2.75) is 26.8 Å². The number of ether oxygens (including phenoxy) is 1. The number of nitrogens with two attached hydrogens (primary N) is 1. The molecule has 1 aromatic carbocycles. The number of fused-ring (bicyclic) bond motifs is 1. The molecule has 146 valence electrons. The van der Waals surface area contributed by atoms with Gasteiger partial charge >= 0.3 is 0 Å². The minimum absolute atomic E-state index is 0.0821. The highest BCUT2D eigenvalue weighted by Crippen LogP contribution is 2.45. The molecule has 2 aliphatic rings. The summed E-state index contributed by atoms with van der Waals surface area (Å²) in [7, 11) is 1.60. The first-order valence-electron chi connectivity index (χ1n) is 9.06. The Morgan fingerprint density at radius 1 is 1.43 bits per heavy atom. The number of likely N-dealkylation sites (N-methyl/N-ethyl adjacent to an activating group) is 1. The molecule has 2 heterocycles. The lowest BCUT2D eigenvalue weighted by Gasteiger charge is -2.37. The third-order valence-corrected chi connectivity index (χ3v) is 5.84. The lowest BCUT2D eigenvalue weighted by molar-refractivity contribution is -0.127. The number of hydrogen-bond acceptors (Lipinski definition) is 7. The smallest absolute Gasteiger partial charge is 0.254 e. The average Bonchev–Trinajstić information content (AvgIpc) is 3.02. The number of benzene rings is 1. The monoisotopic (exact) mass is 397 g/mol. The van der Waals surface area contributed by atoms with E-state index in [1.807, 2.05) is 45.0 Å². The number of nitrogens with zero attached hydrogens (tertiary/aromatic N) is 4. The first-order valence-corrected chi connectivity index (χ1v) is 9.88. The maximum absolute atomic E-state index is 13.4. The highest BCUT2D eigenvalue weighted by atomic mass is 32.2. The number of methoxy groups -OCH3 is 1. The summed E-state index contributed by atoms with van der Waals surface area (Å²) in [6.07, 6.45) is 0. The Morgan fingerprint density at radius 2 is 2.14 bits per heavy atom. The molecule has 0 aromatic heterocycles. The second-order valence-corrected chi connectivity index (χ2v) is 7.33. The fourth-order valence-electron chi connectivity index (χ4n) is 3.42. The predicted octanol–water partition coefficient (Wildman–Crippen LogP) is 2.95. The van der Waals surface area contributed by atoms with E-state index in [0.717, 1.165) is 5.56 Å². The van der Waals surface area contributed by atoms with Gasteiger partial charge in [-0.1, -0.05) is 12.1 Å². The van der Waals surface area contributed by atoms with Gasteiger partial charge in [-0.2, -0.15) is 5.26 Å². The minimum Gasteiger partial charge on any atom is -0.497 e. The first kappa shape index (κ1) is 19.8. The quantitative estimate of drug-likeness (QED) is 0.821. The SMILES string of the molecule is CCN(CC)C(=O)C1=C(C)N=C2SC(C#N)=C(N)N2[C@@H]1c1cccc(OC)c1. The van der Waals surface area contributed by atoms with E-state index < -0.39 is 6.04 Å². The maximum Gasteiger partial charge on any atom is 0.254 e. The van der Waals surface area contributed by atoms with Crippen LogP contribution in [0.2, 0.25) is 0 Å². The Morgan fingerprint density at radius 3 is 2.75 bits per heavy atom. The normalized spacial score (nSPS) is 18.6. The van der Waals surface area contributed by atoms with Crippen molar-refractivity contribution < 1.29 is 9.53 Å². The zero-order valence-corrected chi connectivity index (χ0v) is 17.2. The first-order chi connectivity index (χ1) is 13.5. The number of amidine groups is 1. The lowest BCUT2D eigenvalue weighted by atomic mass is 9.93. The molecule has 28 heavy (non-hydrogen) atoms.